The number of aryl methyl sites for hydroxylation is 1. The summed E-state index contributed by atoms with van der Waals surface area (Å²) < 4.78 is 0.546. The molecule has 8 heteroatoms. The van der Waals surface area contributed by atoms with Crippen molar-refractivity contribution in [2.45, 2.75) is 36.6 Å². The number of hydrogen-bond acceptors (Lipinski definition) is 6. The Balaban J connectivity index is 1.91. The number of aromatic nitrogens is 1. The molecule has 6 nitrogen and oxygen atoms in total. The lowest BCUT2D eigenvalue weighted by atomic mass is 9.98. The molecule has 1 heterocycles. The van der Waals surface area contributed by atoms with Crippen LogP contribution >= 0.6 is 23.1 Å². The molecule has 21 heavy (non-hydrogen) atoms. The summed E-state index contributed by atoms with van der Waals surface area (Å²) in [6, 6.07) is 2.17. The van der Waals surface area contributed by atoms with Crippen LogP contribution in [0.25, 0.3) is 0 Å². The third-order valence-corrected chi connectivity index (χ3v) is 5.61. The maximum Gasteiger partial charge on any atom is 0.347 e. The molecular formula is C13H15N3O3S2. The van der Waals surface area contributed by atoms with E-state index in [0.717, 1.165) is 24.2 Å². The van der Waals surface area contributed by atoms with E-state index in [1.165, 1.54) is 11.8 Å². The SMILES string of the molecule is Cc1nc(SCC(=O)NC(C)(C#N)C2CC2)sc1C(=O)O. The molecule has 1 atom stereocenters. The second-order valence-corrected chi connectivity index (χ2v) is 7.35. The van der Waals surface area contributed by atoms with Gasteiger partial charge in [0.05, 0.1) is 17.5 Å². The van der Waals surface area contributed by atoms with Gasteiger partial charge in [-0.3, -0.25) is 4.79 Å². The molecule has 2 N–H and O–H groups in total. The van der Waals surface area contributed by atoms with Gasteiger partial charge in [-0.2, -0.15) is 5.26 Å². The van der Waals surface area contributed by atoms with Gasteiger partial charge in [-0.15, -0.1) is 11.3 Å². The molecule has 1 saturated carbocycles. The van der Waals surface area contributed by atoms with Gasteiger partial charge in [0.2, 0.25) is 5.91 Å². The predicted molar refractivity (Wildman–Crippen MR) is 79.4 cm³/mol. The minimum absolute atomic E-state index is 0.121. The van der Waals surface area contributed by atoms with Crippen molar-refractivity contribution < 1.29 is 14.7 Å². The Hall–Kier alpha value is -1.59. The number of aromatic carboxylic acids is 1. The van der Waals surface area contributed by atoms with E-state index in [-0.39, 0.29) is 22.5 Å². The third kappa shape index (κ3) is 3.74. The van der Waals surface area contributed by atoms with Crippen molar-refractivity contribution in [3.63, 3.8) is 0 Å². The first kappa shape index (κ1) is 15.8. The molecule has 0 spiro atoms. The number of thiazole rings is 1. The molecule has 1 aromatic rings. The molecule has 1 fully saturated rings. The van der Waals surface area contributed by atoms with Crippen molar-refractivity contribution in [3.8, 4) is 6.07 Å². The van der Waals surface area contributed by atoms with Gasteiger partial charge in [-0.1, -0.05) is 11.8 Å². The summed E-state index contributed by atoms with van der Waals surface area (Å²) in [5.74, 6) is -0.888. The molecule has 0 aromatic carbocycles. The topological polar surface area (TPSA) is 103 Å². The number of carbonyl (C=O) groups excluding carboxylic acids is 1. The molecule has 0 aliphatic heterocycles. The number of rotatable bonds is 6. The van der Waals surface area contributed by atoms with E-state index in [0.29, 0.717) is 10.0 Å². The monoisotopic (exact) mass is 325 g/mol. The number of carbonyl (C=O) groups is 2. The van der Waals surface area contributed by atoms with Crippen molar-refractivity contribution >= 4 is 35.0 Å². The first-order valence-corrected chi connectivity index (χ1v) is 8.21. The van der Waals surface area contributed by atoms with Gasteiger partial charge in [-0.25, -0.2) is 9.78 Å². The Bertz CT molecular complexity index is 619. The Morgan fingerprint density at radius 3 is 2.76 bits per heavy atom. The Morgan fingerprint density at radius 1 is 1.62 bits per heavy atom. The molecule has 0 saturated heterocycles. The van der Waals surface area contributed by atoms with Crippen LogP contribution in [-0.2, 0) is 4.79 Å². The van der Waals surface area contributed by atoms with Crippen LogP contribution in [0.2, 0.25) is 0 Å². The van der Waals surface area contributed by atoms with Gasteiger partial charge in [0.25, 0.3) is 0 Å². The maximum atomic E-state index is 11.9. The fourth-order valence-electron chi connectivity index (χ4n) is 1.97. The lowest BCUT2D eigenvalue weighted by Gasteiger charge is -2.22. The molecule has 1 unspecified atom stereocenters. The highest BCUT2D eigenvalue weighted by atomic mass is 32.2. The second-order valence-electron chi connectivity index (χ2n) is 5.12. The summed E-state index contributed by atoms with van der Waals surface area (Å²) >= 11 is 2.25. The number of carboxylic acids is 1. The number of hydrogen-bond donors (Lipinski definition) is 2. The van der Waals surface area contributed by atoms with Gasteiger partial charge >= 0.3 is 5.97 Å². The Labute approximate surface area is 130 Å². The highest BCUT2D eigenvalue weighted by Crippen LogP contribution is 2.39. The molecular weight excluding hydrogens is 310 g/mol. The zero-order valence-corrected chi connectivity index (χ0v) is 13.3. The number of nitrogens with zero attached hydrogens (tertiary/aromatic N) is 2. The highest BCUT2D eigenvalue weighted by molar-refractivity contribution is 8.01. The number of carboxylic acid groups (broad SMARTS) is 1. The summed E-state index contributed by atoms with van der Waals surface area (Å²) in [4.78, 5) is 27.2. The van der Waals surface area contributed by atoms with Gasteiger partial charge in [0.15, 0.2) is 4.34 Å². The van der Waals surface area contributed by atoms with Gasteiger partial charge < -0.3 is 10.4 Å². The third-order valence-electron chi connectivity index (χ3n) is 3.32. The van der Waals surface area contributed by atoms with Gasteiger partial charge in [-0.05, 0) is 32.6 Å². The van der Waals surface area contributed by atoms with E-state index < -0.39 is 11.5 Å². The van der Waals surface area contributed by atoms with Crippen LogP contribution in [0, 0.1) is 24.2 Å². The minimum Gasteiger partial charge on any atom is -0.477 e. The zero-order chi connectivity index (χ0) is 15.6. The quantitative estimate of drug-likeness (QED) is 0.776. The molecule has 1 aliphatic carbocycles. The van der Waals surface area contributed by atoms with E-state index in [2.05, 4.69) is 16.4 Å². The first-order valence-electron chi connectivity index (χ1n) is 6.41. The smallest absolute Gasteiger partial charge is 0.347 e. The molecule has 1 aromatic heterocycles. The number of nitrogens with one attached hydrogen (secondary N) is 1. The summed E-state index contributed by atoms with van der Waals surface area (Å²) in [6.45, 7) is 3.37. The van der Waals surface area contributed by atoms with Crippen LogP contribution in [0.1, 0.15) is 35.1 Å². The normalized spacial score (nSPS) is 16.8. The molecule has 112 valence electrons. The van der Waals surface area contributed by atoms with Gasteiger partial charge in [0.1, 0.15) is 10.4 Å². The summed E-state index contributed by atoms with van der Waals surface area (Å²) in [5, 5.41) is 20.9. The number of thioether (sulfide) groups is 1. The molecule has 2 rings (SSSR count). The van der Waals surface area contributed by atoms with Gasteiger partial charge in [0, 0.05) is 0 Å². The molecule has 0 bridgehead atoms. The van der Waals surface area contributed by atoms with Crippen LogP contribution in [-0.4, -0.2) is 33.3 Å². The fourth-order valence-corrected chi connectivity index (χ4v) is 3.80. The number of nitriles is 1. The summed E-state index contributed by atoms with van der Waals surface area (Å²) in [7, 11) is 0. The van der Waals surface area contributed by atoms with E-state index in [9.17, 15) is 14.9 Å². The predicted octanol–water partition coefficient (Wildman–Crippen LogP) is 2.05. The van der Waals surface area contributed by atoms with Crippen molar-refractivity contribution in [2.24, 2.45) is 5.92 Å². The van der Waals surface area contributed by atoms with E-state index >= 15 is 0 Å². The Morgan fingerprint density at radius 2 is 2.29 bits per heavy atom. The standard InChI is InChI=1S/C13H15N3O3S2/c1-7-10(11(18)19)21-12(15-7)20-5-9(17)16-13(2,6-14)8-3-4-8/h8H,3-5H2,1-2H3,(H,16,17)(H,18,19). The van der Waals surface area contributed by atoms with Crippen LogP contribution in [0.15, 0.2) is 4.34 Å². The van der Waals surface area contributed by atoms with Crippen LogP contribution in [0.5, 0.6) is 0 Å². The van der Waals surface area contributed by atoms with Crippen LogP contribution < -0.4 is 5.32 Å². The fraction of sp³-hybridized carbons (Fsp3) is 0.538. The van der Waals surface area contributed by atoms with E-state index in [4.69, 9.17) is 5.11 Å². The lowest BCUT2D eigenvalue weighted by Crippen LogP contribution is -2.47. The van der Waals surface area contributed by atoms with Crippen LogP contribution in [0.3, 0.4) is 0 Å². The summed E-state index contributed by atoms with van der Waals surface area (Å²) in [5.41, 5.74) is -0.349. The molecule has 1 aliphatic rings. The lowest BCUT2D eigenvalue weighted by molar-refractivity contribution is -0.119. The molecule has 0 radical (unpaired) electrons. The average Bonchev–Trinajstić information content (AvgIpc) is 3.20. The van der Waals surface area contributed by atoms with Crippen LogP contribution in [0.4, 0.5) is 0 Å². The van der Waals surface area contributed by atoms with Crippen molar-refractivity contribution in [1.82, 2.24) is 10.3 Å². The maximum absolute atomic E-state index is 11.9. The Kier molecular flexibility index (Phi) is 4.54. The molecule has 1 amide bonds. The van der Waals surface area contributed by atoms with Crippen molar-refractivity contribution in [2.75, 3.05) is 5.75 Å². The van der Waals surface area contributed by atoms with Crippen molar-refractivity contribution in [3.05, 3.63) is 10.6 Å². The van der Waals surface area contributed by atoms with E-state index in [1.54, 1.807) is 13.8 Å². The van der Waals surface area contributed by atoms with Crippen molar-refractivity contribution in [1.29, 1.82) is 5.26 Å². The average molecular weight is 325 g/mol. The van der Waals surface area contributed by atoms with E-state index in [1.807, 2.05) is 0 Å². The minimum atomic E-state index is -1.01. The largest absolute Gasteiger partial charge is 0.477 e. The number of amides is 1. The first-order chi connectivity index (χ1) is 9.85. The zero-order valence-electron chi connectivity index (χ0n) is 11.7. The summed E-state index contributed by atoms with van der Waals surface area (Å²) in [6.07, 6.45) is 1.93. The second kappa shape index (κ2) is 6.03. The highest BCUT2D eigenvalue weighted by Gasteiger charge is 2.42.